The summed E-state index contributed by atoms with van der Waals surface area (Å²) >= 11 is 0. The van der Waals surface area contributed by atoms with Crippen LogP contribution in [0.5, 0.6) is 23.0 Å². The van der Waals surface area contributed by atoms with Crippen molar-refractivity contribution in [2.24, 2.45) is 0 Å². The van der Waals surface area contributed by atoms with Gasteiger partial charge in [-0.3, -0.25) is 0 Å². The van der Waals surface area contributed by atoms with Gasteiger partial charge in [-0.2, -0.15) is 0 Å². The van der Waals surface area contributed by atoms with Crippen molar-refractivity contribution in [2.45, 2.75) is 19.3 Å². The van der Waals surface area contributed by atoms with Crippen molar-refractivity contribution in [3.8, 4) is 23.0 Å². The SMILES string of the molecule is CC(C)(c1ccc(Oc2ccc(N)cc2)cc1)c1ccc(Oc2ccc(N)cc2F)cc1. The van der Waals surface area contributed by atoms with Crippen LogP contribution in [-0.2, 0) is 5.41 Å². The molecule has 0 aliphatic carbocycles. The van der Waals surface area contributed by atoms with Crippen molar-refractivity contribution in [2.75, 3.05) is 11.5 Å². The molecule has 0 saturated heterocycles. The van der Waals surface area contributed by atoms with Crippen molar-refractivity contribution >= 4 is 11.4 Å². The second-order valence-electron chi connectivity index (χ2n) is 8.14. The van der Waals surface area contributed by atoms with E-state index in [2.05, 4.69) is 26.0 Å². The number of ether oxygens (including phenoxy) is 2. The smallest absolute Gasteiger partial charge is 0.167 e. The Labute approximate surface area is 187 Å². The fraction of sp³-hybridized carbons (Fsp3) is 0.111. The molecular weight excluding hydrogens is 403 g/mol. The summed E-state index contributed by atoms with van der Waals surface area (Å²) in [6.07, 6.45) is 0. The first-order chi connectivity index (χ1) is 15.3. The maximum atomic E-state index is 14.0. The third-order valence-corrected chi connectivity index (χ3v) is 5.45. The molecule has 0 radical (unpaired) electrons. The first kappa shape index (κ1) is 21.2. The number of benzene rings is 4. The standard InChI is InChI=1S/C27H25FN2O2/c1-27(2,18-3-10-22(11-4-18)31-23-14-7-20(29)8-15-23)19-5-12-24(13-6-19)32-26-16-9-21(30)17-25(26)28/h3-17H,29-30H2,1-2H3. The Balaban J connectivity index is 1.48. The summed E-state index contributed by atoms with van der Waals surface area (Å²) in [7, 11) is 0. The van der Waals surface area contributed by atoms with E-state index >= 15 is 0 Å². The molecule has 4 aromatic rings. The molecule has 5 heteroatoms. The third kappa shape index (κ3) is 4.67. The van der Waals surface area contributed by atoms with E-state index in [-0.39, 0.29) is 11.2 Å². The molecule has 0 amide bonds. The van der Waals surface area contributed by atoms with E-state index in [0.29, 0.717) is 17.1 Å². The van der Waals surface area contributed by atoms with Gasteiger partial charge in [0.15, 0.2) is 11.6 Å². The van der Waals surface area contributed by atoms with Gasteiger partial charge in [0.2, 0.25) is 0 Å². The maximum absolute atomic E-state index is 14.0. The quantitative estimate of drug-likeness (QED) is 0.328. The Hall–Kier alpha value is -3.99. The molecule has 32 heavy (non-hydrogen) atoms. The molecule has 0 aromatic heterocycles. The number of anilines is 2. The lowest BCUT2D eigenvalue weighted by Gasteiger charge is -2.26. The zero-order chi connectivity index (χ0) is 22.7. The minimum absolute atomic E-state index is 0.142. The van der Waals surface area contributed by atoms with E-state index in [9.17, 15) is 4.39 Å². The molecule has 0 fully saturated rings. The fourth-order valence-corrected chi connectivity index (χ4v) is 3.44. The Bertz CT molecular complexity index is 1200. The molecular formula is C27H25FN2O2. The third-order valence-electron chi connectivity index (χ3n) is 5.45. The molecule has 4 rings (SSSR count). The normalized spacial score (nSPS) is 11.2. The van der Waals surface area contributed by atoms with Crippen LogP contribution in [0.2, 0.25) is 0 Å². The highest BCUT2D eigenvalue weighted by atomic mass is 19.1. The first-order valence-electron chi connectivity index (χ1n) is 10.3. The largest absolute Gasteiger partial charge is 0.457 e. The monoisotopic (exact) mass is 428 g/mol. The van der Waals surface area contributed by atoms with Crippen molar-refractivity contribution in [1.82, 2.24) is 0 Å². The van der Waals surface area contributed by atoms with Crippen molar-refractivity contribution in [3.63, 3.8) is 0 Å². The van der Waals surface area contributed by atoms with E-state index in [1.54, 1.807) is 6.07 Å². The summed E-state index contributed by atoms with van der Waals surface area (Å²) in [5, 5.41) is 0. The highest BCUT2D eigenvalue weighted by Crippen LogP contribution is 2.35. The van der Waals surface area contributed by atoms with Crippen LogP contribution in [0.4, 0.5) is 15.8 Å². The summed E-state index contributed by atoms with van der Waals surface area (Å²) in [6.45, 7) is 4.30. The number of hydrogen-bond donors (Lipinski definition) is 2. The van der Waals surface area contributed by atoms with Gasteiger partial charge in [-0.05, 0) is 71.8 Å². The van der Waals surface area contributed by atoms with Gasteiger partial charge in [-0.15, -0.1) is 0 Å². The van der Waals surface area contributed by atoms with Crippen molar-refractivity contribution in [3.05, 3.63) is 108 Å². The topological polar surface area (TPSA) is 70.5 Å². The van der Waals surface area contributed by atoms with Gasteiger partial charge in [0.05, 0.1) is 0 Å². The van der Waals surface area contributed by atoms with Gasteiger partial charge < -0.3 is 20.9 Å². The highest BCUT2D eigenvalue weighted by molar-refractivity contribution is 5.47. The van der Waals surface area contributed by atoms with Gasteiger partial charge in [0.1, 0.15) is 17.2 Å². The molecule has 0 atom stereocenters. The summed E-state index contributed by atoms with van der Waals surface area (Å²) in [4.78, 5) is 0. The molecule has 0 aliphatic rings. The van der Waals surface area contributed by atoms with E-state index in [1.165, 1.54) is 12.1 Å². The molecule has 0 unspecified atom stereocenters. The van der Waals surface area contributed by atoms with E-state index < -0.39 is 5.82 Å². The van der Waals surface area contributed by atoms with Crippen LogP contribution in [0.25, 0.3) is 0 Å². The van der Waals surface area contributed by atoms with Crippen LogP contribution < -0.4 is 20.9 Å². The highest BCUT2D eigenvalue weighted by Gasteiger charge is 2.23. The molecule has 0 aliphatic heterocycles. The number of nitrogens with two attached hydrogens (primary N) is 2. The number of nitrogen functional groups attached to an aromatic ring is 2. The zero-order valence-corrected chi connectivity index (χ0v) is 18.0. The molecule has 162 valence electrons. The average Bonchev–Trinajstić information content (AvgIpc) is 2.78. The predicted molar refractivity (Wildman–Crippen MR) is 127 cm³/mol. The Morgan fingerprint density at radius 3 is 1.53 bits per heavy atom. The lowest BCUT2D eigenvalue weighted by Crippen LogP contribution is -2.18. The van der Waals surface area contributed by atoms with Crippen molar-refractivity contribution < 1.29 is 13.9 Å². The minimum atomic E-state index is -0.490. The summed E-state index contributed by atoms with van der Waals surface area (Å²) in [5.41, 5.74) is 14.4. The summed E-state index contributed by atoms with van der Waals surface area (Å²) in [5.74, 6) is 1.70. The minimum Gasteiger partial charge on any atom is -0.457 e. The molecule has 4 nitrogen and oxygen atoms in total. The Morgan fingerprint density at radius 2 is 1.03 bits per heavy atom. The van der Waals surface area contributed by atoms with Gasteiger partial charge in [0, 0.05) is 22.9 Å². The Morgan fingerprint density at radius 1 is 0.594 bits per heavy atom. The first-order valence-corrected chi connectivity index (χ1v) is 10.3. The van der Waals surface area contributed by atoms with Crippen LogP contribution in [0.1, 0.15) is 25.0 Å². The van der Waals surface area contributed by atoms with Gasteiger partial charge in [-0.25, -0.2) is 4.39 Å². The molecule has 0 saturated carbocycles. The number of rotatable bonds is 6. The lowest BCUT2D eigenvalue weighted by molar-refractivity contribution is 0.442. The van der Waals surface area contributed by atoms with Crippen LogP contribution in [0.15, 0.2) is 91.0 Å². The summed E-state index contributed by atoms with van der Waals surface area (Å²) in [6, 6.07) is 27.3. The average molecular weight is 429 g/mol. The molecule has 0 heterocycles. The maximum Gasteiger partial charge on any atom is 0.167 e. The molecule has 4 N–H and O–H groups in total. The van der Waals surface area contributed by atoms with E-state index in [4.69, 9.17) is 20.9 Å². The zero-order valence-electron chi connectivity index (χ0n) is 18.0. The lowest BCUT2D eigenvalue weighted by atomic mass is 9.78. The van der Waals surface area contributed by atoms with Gasteiger partial charge in [-0.1, -0.05) is 38.1 Å². The molecule has 0 spiro atoms. The molecule has 4 aromatic carbocycles. The second kappa shape index (κ2) is 8.63. The van der Waals surface area contributed by atoms with Crippen LogP contribution in [0, 0.1) is 5.82 Å². The van der Waals surface area contributed by atoms with E-state index in [0.717, 1.165) is 22.6 Å². The summed E-state index contributed by atoms with van der Waals surface area (Å²) < 4.78 is 25.5. The molecule has 0 bridgehead atoms. The van der Waals surface area contributed by atoms with E-state index in [1.807, 2.05) is 60.7 Å². The fourth-order valence-electron chi connectivity index (χ4n) is 3.44. The van der Waals surface area contributed by atoms with Gasteiger partial charge >= 0.3 is 0 Å². The van der Waals surface area contributed by atoms with Crippen LogP contribution in [-0.4, -0.2) is 0 Å². The van der Waals surface area contributed by atoms with Crippen LogP contribution >= 0.6 is 0 Å². The Kier molecular flexibility index (Phi) is 5.73. The number of halogens is 1. The predicted octanol–water partition coefficient (Wildman–Crippen LogP) is 6.90. The second-order valence-corrected chi connectivity index (χ2v) is 8.14. The van der Waals surface area contributed by atoms with Crippen LogP contribution in [0.3, 0.4) is 0 Å². The van der Waals surface area contributed by atoms with Crippen molar-refractivity contribution in [1.29, 1.82) is 0 Å². The number of hydrogen-bond acceptors (Lipinski definition) is 4. The van der Waals surface area contributed by atoms with Gasteiger partial charge in [0.25, 0.3) is 0 Å².